The lowest BCUT2D eigenvalue weighted by molar-refractivity contribution is 0.342. The van der Waals surface area contributed by atoms with Gasteiger partial charge in [-0.1, -0.05) is 32.6 Å². The number of H-pyrrole nitrogens is 1. The molecule has 0 aromatic carbocycles. The van der Waals surface area contributed by atoms with E-state index in [1.54, 1.807) is 0 Å². The monoisotopic (exact) mass is 294 g/mol. The van der Waals surface area contributed by atoms with Crippen molar-refractivity contribution in [3.05, 3.63) is 4.77 Å². The second kappa shape index (κ2) is 6.29. The van der Waals surface area contributed by atoms with Gasteiger partial charge < -0.3 is 4.90 Å². The van der Waals surface area contributed by atoms with E-state index in [1.165, 1.54) is 51.4 Å². The summed E-state index contributed by atoms with van der Waals surface area (Å²) in [5.41, 5.74) is 0. The summed E-state index contributed by atoms with van der Waals surface area (Å²) >= 11 is 5.49. The van der Waals surface area contributed by atoms with Crippen LogP contribution >= 0.6 is 12.2 Å². The van der Waals surface area contributed by atoms with Crippen molar-refractivity contribution in [1.82, 2.24) is 14.8 Å². The van der Waals surface area contributed by atoms with E-state index < -0.39 is 0 Å². The zero-order valence-corrected chi connectivity index (χ0v) is 13.3. The van der Waals surface area contributed by atoms with Crippen LogP contribution in [0.25, 0.3) is 0 Å². The fourth-order valence-corrected chi connectivity index (χ4v) is 4.01. The molecular weight excluding hydrogens is 268 g/mol. The molecule has 1 aliphatic carbocycles. The molecule has 0 amide bonds. The molecule has 1 aliphatic heterocycles. The van der Waals surface area contributed by atoms with Gasteiger partial charge in [0.15, 0.2) is 4.77 Å². The van der Waals surface area contributed by atoms with Crippen LogP contribution in [-0.2, 0) is 0 Å². The number of aromatic amines is 1. The van der Waals surface area contributed by atoms with Crippen LogP contribution in [0.5, 0.6) is 0 Å². The summed E-state index contributed by atoms with van der Waals surface area (Å²) < 4.78 is 3.12. The van der Waals surface area contributed by atoms with E-state index in [4.69, 9.17) is 12.2 Å². The predicted molar refractivity (Wildman–Crippen MR) is 84.8 cm³/mol. The maximum absolute atomic E-state index is 5.49. The molecule has 112 valence electrons. The average molecular weight is 294 g/mol. The number of hydrogen-bond acceptors (Lipinski definition) is 3. The van der Waals surface area contributed by atoms with Crippen molar-refractivity contribution in [3.63, 3.8) is 0 Å². The van der Waals surface area contributed by atoms with Crippen molar-refractivity contribution in [1.29, 1.82) is 0 Å². The predicted octanol–water partition coefficient (Wildman–Crippen LogP) is 4.07. The van der Waals surface area contributed by atoms with Gasteiger partial charge in [-0.3, -0.25) is 4.57 Å². The quantitative estimate of drug-likeness (QED) is 0.854. The van der Waals surface area contributed by atoms with Gasteiger partial charge in [-0.15, -0.1) is 5.10 Å². The van der Waals surface area contributed by atoms with Crippen molar-refractivity contribution in [2.45, 2.75) is 64.3 Å². The van der Waals surface area contributed by atoms with Gasteiger partial charge in [0.1, 0.15) is 0 Å². The molecule has 0 unspecified atom stereocenters. The van der Waals surface area contributed by atoms with Crippen LogP contribution in [0.2, 0.25) is 0 Å². The van der Waals surface area contributed by atoms with Crippen LogP contribution in [0.15, 0.2) is 0 Å². The minimum absolute atomic E-state index is 0.564. The highest BCUT2D eigenvalue weighted by atomic mass is 32.1. The Bertz CT molecular complexity index is 478. The third kappa shape index (κ3) is 2.78. The lowest BCUT2D eigenvalue weighted by atomic mass is 9.94. The van der Waals surface area contributed by atoms with E-state index in [0.29, 0.717) is 6.04 Å². The summed E-state index contributed by atoms with van der Waals surface area (Å²) in [6, 6.07) is 0.564. The first-order valence-corrected chi connectivity index (χ1v) is 8.62. The van der Waals surface area contributed by atoms with Crippen molar-refractivity contribution in [3.8, 4) is 0 Å². The summed E-state index contributed by atoms with van der Waals surface area (Å²) in [6.07, 6.45) is 10.4. The summed E-state index contributed by atoms with van der Waals surface area (Å²) in [5.74, 6) is 1.99. The summed E-state index contributed by atoms with van der Waals surface area (Å²) in [5, 5.41) is 7.57. The lowest BCUT2D eigenvalue weighted by Crippen LogP contribution is -2.36. The first-order valence-electron chi connectivity index (χ1n) is 8.21. The minimum atomic E-state index is 0.564. The van der Waals surface area contributed by atoms with Crippen LogP contribution in [0.3, 0.4) is 0 Å². The third-order valence-electron chi connectivity index (χ3n) is 5.10. The Kier molecular flexibility index (Phi) is 4.44. The van der Waals surface area contributed by atoms with Gasteiger partial charge in [-0.2, -0.15) is 0 Å². The van der Waals surface area contributed by atoms with Gasteiger partial charge in [0.2, 0.25) is 5.95 Å². The molecule has 20 heavy (non-hydrogen) atoms. The number of piperidine rings is 1. The fourth-order valence-electron chi connectivity index (χ4n) is 3.73. The van der Waals surface area contributed by atoms with Crippen LogP contribution < -0.4 is 4.90 Å². The number of nitrogens with one attached hydrogen (secondary N) is 1. The molecule has 0 atom stereocenters. The molecule has 0 spiro atoms. The molecule has 2 heterocycles. The van der Waals surface area contributed by atoms with E-state index >= 15 is 0 Å². The molecule has 3 rings (SSSR count). The van der Waals surface area contributed by atoms with Gasteiger partial charge in [-0.05, 0) is 43.8 Å². The number of rotatable bonds is 3. The standard InChI is InChI=1S/C15H26N4S/c1-2-12-8-10-18(11-9-12)14-16-17-15(20)19(14)13-6-4-3-5-7-13/h12-13H,2-11H2,1H3,(H,17,20). The average Bonchev–Trinajstić information content (AvgIpc) is 2.90. The summed E-state index contributed by atoms with van der Waals surface area (Å²) in [7, 11) is 0. The molecule has 2 aliphatic rings. The molecule has 1 saturated carbocycles. The molecule has 1 N–H and O–H groups in total. The number of aromatic nitrogens is 3. The Morgan fingerprint density at radius 1 is 1.15 bits per heavy atom. The largest absolute Gasteiger partial charge is 0.341 e. The van der Waals surface area contributed by atoms with Crippen LogP contribution in [0, 0.1) is 10.7 Å². The number of hydrogen-bond donors (Lipinski definition) is 1. The highest BCUT2D eigenvalue weighted by Gasteiger charge is 2.25. The smallest absolute Gasteiger partial charge is 0.225 e. The van der Waals surface area contributed by atoms with Gasteiger partial charge in [0.25, 0.3) is 0 Å². The lowest BCUT2D eigenvalue weighted by Gasteiger charge is -2.34. The summed E-state index contributed by atoms with van der Waals surface area (Å²) in [6.45, 7) is 4.56. The van der Waals surface area contributed by atoms with Gasteiger partial charge in [-0.25, -0.2) is 5.10 Å². The zero-order chi connectivity index (χ0) is 13.9. The molecule has 5 heteroatoms. The maximum atomic E-state index is 5.49. The summed E-state index contributed by atoms with van der Waals surface area (Å²) in [4.78, 5) is 2.44. The number of nitrogens with zero attached hydrogens (tertiary/aromatic N) is 3. The zero-order valence-electron chi connectivity index (χ0n) is 12.5. The molecule has 1 saturated heterocycles. The Morgan fingerprint density at radius 3 is 2.50 bits per heavy atom. The van der Waals surface area contributed by atoms with Gasteiger partial charge >= 0.3 is 0 Å². The molecule has 0 radical (unpaired) electrons. The molecule has 1 aromatic heterocycles. The Labute approximate surface area is 126 Å². The Morgan fingerprint density at radius 2 is 1.85 bits per heavy atom. The first-order chi connectivity index (χ1) is 9.79. The van der Waals surface area contributed by atoms with E-state index in [-0.39, 0.29) is 0 Å². The highest BCUT2D eigenvalue weighted by molar-refractivity contribution is 7.71. The molecule has 2 fully saturated rings. The fraction of sp³-hybridized carbons (Fsp3) is 0.867. The molecular formula is C15H26N4S. The molecule has 0 bridgehead atoms. The molecule has 4 nitrogen and oxygen atoms in total. The van der Waals surface area contributed by atoms with E-state index in [9.17, 15) is 0 Å². The van der Waals surface area contributed by atoms with Gasteiger partial charge in [0.05, 0.1) is 0 Å². The van der Waals surface area contributed by atoms with E-state index in [2.05, 4.69) is 26.6 Å². The van der Waals surface area contributed by atoms with Crippen molar-refractivity contribution >= 4 is 18.2 Å². The van der Waals surface area contributed by atoms with Crippen LogP contribution in [-0.4, -0.2) is 27.9 Å². The van der Waals surface area contributed by atoms with E-state index in [1.807, 2.05) is 0 Å². The van der Waals surface area contributed by atoms with Crippen molar-refractivity contribution < 1.29 is 0 Å². The van der Waals surface area contributed by atoms with E-state index in [0.717, 1.165) is 29.7 Å². The first kappa shape index (κ1) is 14.1. The topological polar surface area (TPSA) is 36.9 Å². The Hall–Kier alpha value is -0.840. The second-order valence-corrected chi connectivity index (χ2v) is 6.72. The maximum Gasteiger partial charge on any atom is 0.225 e. The van der Waals surface area contributed by atoms with Crippen LogP contribution in [0.4, 0.5) is 5.95 Å². The minimum Gasteiger partial charge on any atom is -0.341 e. The molecule has 1 aromatic rings. The SMILES string of the molecule is CCC1CCN(c2n[nH]c(=S)n2C2CCCCC2)CC1. The van der Waals surface area contributed by atoms with Crippen molar-refractivity contribution in [2.24, 2.45) is 5.92 Å². The van der Waals surface area contributed by atoms with Crippen LogP contribution in [0.1, 0.15) is 64.3 Å². The second-order valence-electron chi connectivity index (χ2n) is 6.33. The normalized spacial score (nSPS) is 22.4. The highest BCUT2D eigenvalue weighted by Crippen LogP contribution is 2.32. The number of anilines is 1. The third-order valence-corrected chi connectivity index (χ3v) is 5.39. The Balaban J connectivity index is 1.78. The van der Waals surface area contributed by atoms with Crippen molar-refractivity contribution in [2.75, 3.05) is 18.0 Å². The van der Waals surface area contributed by atoms with Gasteiger partial charge in [0, 0.05) is 19.1 Å².